The van der Waals surface area contributed by atoms with Crippen molar-refractivity contribution in [2.45, 2.75) is 33.4 Å². The fourth-order valence-electron chi connectivity index (χ4n) is 3.20. The Bertz CT molecular complexity index is 836. The quantitative estimate of drug-likeness (QED) is 0.584. The predicted octanol–water partition coefficient (Wildman–Crippen LogP) is 5.80. The summed E-state index contributed by atoms with van der Waals surface area (Å²) in [6.45, 7) is 6.12. The van der Waals surface area contributed by atoms with Crippen molar-refractivity contribution < 1.29 is 13.9 Å². The molecular formula is C22H23NO3. The van der Waals surface area contributed by atoms with E-state index in [1.807, 2.05) is 81.4 Å². The number of hydrogen-bond acceptors (Lipinski definition) is 3. The molecule has 0 fully saturated rings. The molecule has 0 saturated heterocycles. The van der Waals surface area contributed by atoms with Gasteiger partial charge in [0.05, 0.1) is 12.3 Å². The van der Waals surface area contributed by atoms with Crippen LogP contribution in [0.4, 0.5) is 10.5 Å². The van der Waals surface area contributed by atoms with Gasteiger partial charge in [0.15, 0.2) is 0 Å². The monoisotopic (exact) mass is 349 g/mol. The average Bonchev–Trinajstić information content (AvgIpc) is 3.00. The summed E-state index contributed by atoms with van der Waals surface area (Å²) in [6, 6.07) is 19.0. The third-order valence-corrected chi connectivity index (χ3v) is 4.46. The van der Waals surface area contributed by atoms with E-state index in [2.05, 4.69) is 0 Å². The number of ether oxygens (including phenoxy) is 1. The predicted molar refractivity (Wildman–Crippen MR) is 102 cm³/mol. The normalized spacial score (nSPS) is 11.8. The highest BCUT2D eigenvalue weighted by Crippen LogP contribution is 2.32. The van der Waals surface area contributed by atoms with Crippen LogP contribution >= 0.6 is 0 Å². The highest BCUT2D eigenvalue weighted by molar-refractivity contribution is 5.88. The number of nitrogens with zero attached hydrogens (tertiary/aromatic N) is 1. The van der Waals surface area contributed by atoms with Crippen molar-refractivity contribution in [3.8, 4) is 0 Å². The molecule has 1 heterocycles. The molecule has 1 amide bonds. The molecule has 26 heavy (non-hydrogen) atoms. The van der Waals surface area contributed by atoms with Gasteiger partial charge in [-0.15, -0.1) is 0 Å². The lowest BCUT2D eigenvalue weighted by atomic mass is 10.0. The first-order chi connectivity index (χ1) is 12.6. The van der Waals surface area contributed by atoms with Crippen LogP contribution in [0.3, 0.4) is 0 Å². The van der Waals surface area contributed by atoms with Crippen molar-refractivity contribution in [2.24, 2.45) is 0 Å². The summed E-state index contributed by atoms with van der Waals surface area (Å²) < 4.78 is 11.1. The highest BCUT2D eigenvalue weighted by atomic mass is 16.6. The minimum absolute atomic E-state index is 0.209. The van der Waals surface area contributed by atoms with E-state index in [-0.39, 0.29) is 18.7 Å². The summed E-state index contributed by atoms with van der Waals surface area (Å²) in [7, 11) is 0. The molecule has 0 spiro atoms. The zero-order valence-electron chi connectivity index (χ0n) is 15.3. The van der Waals surface area contributed by atoms with Crippen LogP contribution in [0.2, 0.25) is 0 Å². The Morgan fingerprint density at radius 3 is 2.23 bits per heavy atom. The molecule has 1 unspecified atom stereocenters. The second-order valence-corrected chi connectivity index (χ2v) is 6.31. The number of anilines is 1. The summed E-state index contributed by atoms with van der Waals surface area (Å²) in [6.07, 6.45) is 1.34. The van der Waals surface area contributed by atoms with E-state index in [9.17, 15) is 4.79 Å². The van der Waals surface area contributed by atoms with Crippen molar-refractivity contribution in [1.82, 2.24) is 0 Å². The maximum atomic E-state index is 12.9. The second kappa shape index (κ2) is 7.91. The van der Waals surface area contributed by atoms with E-state index < -0.39 is 0 Å². The molecule has 3 aromatic rings. The van der Waals surface area contributed by atoms with Crippen molar-refractivity contribution in [2.75, 3.05) is 4.90 Å². The van der Waals surface area contributed by atoms with Crippen molar-refractivity contribution in [3.63, 3.8) is 0 Å². The van der Waals surface area contributed by atoms with Gasteiger partial charge in [-0.2, -0.15) is 0 Å². The number of carbonyl (C=O) groups is 1. The molecule has 0 aliphatic rings. The Kier molecular flexibility index (Phi) is 5.42. The number of aryl methyl sites for hydroxylation is 2. The first kappa shape index (κ1) is 17.8. The van der Waals surface area contributed by atoms with Crippen LogP contribution < -0.4 is 4.90 Å². The molecule has 134 valence electrons. The zero-order chi connectivity index (χ0) is 18.5. The van der Waals surface area contributed by atoms with E-state index in [0.717, 1.165) is 28.1 Å². The molecule has 3 rings (SSSR count). The molecule has 1 aromatic heterocycles. The van der Waals surface area contributed by atoms with Crippen LogP contribution in [0.1, 0.15) is 35.4 Å². The van der Waals surface area contributed by atoms with Crippen LogP contribution in [0.25, 0.3) is 0 Å². The molecule has 4 nitrogen and oxygen atoms in total. The summed E-state index contributed by atoms with van der Waals surface area (Å²) in [5, 5.41) is 0. The number of rotatable bonds is 5. The molecule has 2 aromatic carbocycles. The smallest absolute Gasteiger partial charge is 0.415 e. The lowest BCUT2D eigenvalue weighted by Gasteiger charge is -2.29. The summed E-state index contributed by atoms with van der Waals surface area (Å²) in [5.74, 6) is 0.812. The number of furan rings is 1. The average molecular weight is 349 g/mol. The van der Waals surface area contributed by atoms with E-state index in [1.54, 1.807) is 11.2 Å². The van der Waals surface area contributed by atoms with Crippen LogP contribution in [0.15, 0.2) is 71.3 Å². The minimum Gasteiger partial charge on any atom is -0.469 e. The van der Waals surface area contributed by atoms with Gasteiger partial charge in [-0.05, 0) is 44.0 Å². The van der Waals surface area contributed by atoms with E-state index in [1.165, 1.54) is 0 Å². The lowest BCUT2D eigenvalue weighted by molar-refractivity contribution is 0.145. The van der Waals surface area contributed by atoms with Gasteiger partial charge >= 0.3 is 6.09 Å². The number of amides is 1. The van der Waals surface area contributed by atoms with Crippen molar-refractivity contribution in [3.05, 3.63) is 89.4 Å². The molecule has 0 aliphatic carbocycles. The second-order valence-electron chi connectivity index (χ2n) is 6.31. The van der Waals surface area contributed by atoms with Gasteiger partial charge in [0.25, 0.3) is 0 Å². The Morgan fingerprint density at radius 1 is 1.04 bits per heavy atom. The van der Waals surface area contributed by atoms with Crippen LogP contribution in [-0.2, 0) is 11.3 Å². The highest BCUT2D eigenvalue weighted by Gasteiger charge is 2.28. The Hall–Kier alpha value is -3.01. The third-order valence-electron chi connectivity index (χ3n) is 4.46. The maximum Gasteiger partial charge on any atom is 0.415 e. The van der Waals surface area contributed by atoms with Crippen LogP contribution in [-0.4, -0.2) is 6.09 Å². The molecule has 0 radical (unpaired) electrons. The van der Waals surface area contributed by atoms with Crippen molar-refractivity contribution in [1.29, 1.82) is 0 Å². The van der Waals surface area contributed by atoms with E-state index in [4.69, 9.17) is 9.15 Å². The van der Waals surface area contributed by atoms with Gasteiger partial charge in [0.2, 0.25) is 0 Å². The standard InChI is InChI=1S/C22H23NO3/c1-16-14-25-18(3)21(16)17(2)23(20-12-8-5-9-13-20)22(24)26-15-19-10-6-4-7-11-19/h4-14,17H,15H2,1-3H3. The number of carbonyl (C=O) groups excluding carboxylic acids is 1. The molecule has 0 bridgehead atoms. The van der Waals surface area contributed by atoms with Gasteiger partial charge in [-0.25, -0.2) is 4.79 Å². The molecule has 0 aliphatic heterocycles. The summed E-state index contributed by atoms with van der Waals surface area (Å²) >= 11 is 0. The molecule has 0 saturated carbocycles. The topological polar surface area (TPSA) is 42.7 Å². The van der Waals surface area contributed by atoms with Crippen LogP contribution in [0.5, 0.6) is 0 Å². The van der Waals surface area contributed by atoms with E-state index in [0.29, 0.717) is 0 Å². The maximum absolute atomic E-state index is 12.9. The molecule has 4 heteroatoms. The Labute approximate surface area is 154 Å². The van der Waals surface area contributed by atoms with Crippen LogP contribution in [0, 0.1) is 13.8 Å². The van der Waals surface area contributed by atoms with Gasteiger partial charge < -0.3 is 9.15 Å². The molecule has 1 atom stereocenters. The fraction of sp³-hybridized carbons (Fsp3) is 0.227. The first-order valence-electron chi connectivity index (χ1n) is 8.67. The fourth-order valence-corrected chi connectivity index (χ4v) is 3.20. The van der Waals surface area contributed by atoms with Gasteiger partial charge in [0.1, 0.15) is 12.4 Å². The SMILES string of the molecule is Cc1coc(C)c1C(C)N(C(=O)OCc1ccccc1)c1ccccc1. The largest absolute Gasteiger partial charge is 0.469 e. The third kappa shape index (κ3) is 3.80. The molecular weight excluding hydrogens is 326 g/mol. The van der Waals surface area contributed by atoms with E-state index >= 15 is 0 Å². The zero-order valence-corrected chi connectivity index (χ0v) is 15.3. The van der Waals surface area contributed by atoms with Gasteiger partial charge in [-0.3, -0.25) is 4.90 Å². The van der Waals surface area contributed by atoms with Gasteiger partial charge in [-0.1, -0.05) is 48.5 Å². The lowest BCUT2D eigenvalue weighted by Crippen LogP contribution is -2.34. The number of benzene rings is 2. The summed E-state index contributed by atoms with van der Waals surface area (Å²) in [4.78, 5) is 14.6. The van der Waals surface area contributed by atoms with Crippen molar-refractivity contribution >= 4 is 11.8 Å². The Balaban J connectivity index is 1.87. The minimum atomic E-state index is -0.382. The number of para-hydroxylation sites is 1. The van der Waals surface area contributed by atoms with Gasteiger partial charge in [0, 0.05) is 11.3 Å². The first-order valence-corrected chi connectivity index (χ1v) is 8.67. The summed E-state index contributed by atoms with van der Waals surface area (Å²) in [5.41, 5.74) is 3.77. The number of hydrogen-bond donors (Lipinski definition) is 0. The molecule has 0 N–H and O–H groups in total. The Morgan fingerprint density at radius 2 is 1.65 bits per heavy atom.